The van der Waals surface area contributed by atoms with Crippen molar-refractivity contribution >= 4 is 17.5 Å². The van der Waals surface area contributed by atoms with Gasteiger partial charge in [0.1, 0.15) is 0 Å². The largest absolute Gasteiger partial charge is 0.348 e. The summed E-state index contributed by atoms with van der Waals surface area (Å²) >= 11 is 0. The van der Waals surface area contributed by atoms with Crippen LogP contribution in [-0.4, -0.2) is 60.9 Å². The number of nitrogens with one attached hydrogen (secondary N) is 2. The second-order valence-corrected chi connectivity index (χ2v) is 9.63. The molecule has 1 aliphatic heterocycles. The van der Waals surface area contributed by atoms with Crippen molar-refractivity contribution in [2.24, 2.45) is 0 Å². The number of anilines is 1. The second kappa shape index (κ2) is 12.0. The van der Waals surface area contributed by atoms with E-state index in [1.165, 1.54) is 16.7 Å². The Morgan fingerprint density at radius 2 is 1.33 bits per heavy atom. The fourth-order valence-corrected chi connectivity index (χ4v) is 4.55. The van der Waals surface area contributed by atoms with Gasteiger partial charge in [0, 0.05) is 31.9 Å². The molecule has 6 heteroatoms. The van der Waals surface area contributed by atoms with Crippen molar-refractivity contribution in [2.75, 3.05) is 44.6 Å². The molecule has 0 aromatic heterocycles. The third-order valence-corrected chi connectivity index (χ3v) is 6.97. The van der Waals surface area contributed by atoms with Gasteiger partial charge in [-0.1, -0.05) is 66.7 Å². The molecular formula is C30H36N4O2. The minimum Gasteiger partial charge on any atom is -0.348 e. The summed E-state index contributed by atoms with van der Waals surface area (Å²) < 4.78 is 0. The number of aryl methyl sites for hydroxylation is 1. The Morgan fingerprint density at radius 3 is 1.97 bits per heavy atom. The van der Waals surface area contributed by atoms with Crippen LogP contribution >= 0.6 is 0 Å². The van der Waals surface area contributed by atoms with Crippen molar-refractivity contribution in [3.05, 3.63) is 89.5 Å². The number of hydrogen-bond acceptors (Lipinski definition) is 4. The number of nitrogens with zero attached hydrogens (tertiary/aromatic N) is 2. The van der Waals surface area contributed by atoms with Gasteiger partial charge in [0.05, 0.1) is 19.1 Å². The summed E-state index contributed by atoms with van der Waals surface area (Å²) in [5.41, 5.74) is 6.57. The van der Waals surface area contributed by atoms with Crippen LogP contribution in [0.15, 0.2) is 72.8 Å². The summed E-state index contributed by atoms with van der Waals surface area (Å²) in [7, 11) is 0. The molecule has 1 atom stereocenters. The molecule has 0 bridgehead atoms. The van der Waals surface area contributed by atoms with Crippen LogP contribution < -0.4 is 10.6 Å². The van der Waals surface area contributed by atoms with E-state index >= 15 is 0 Å². The Bertz CT molecular complexity index is 1170. The van der Waals surface area contributed by atoms with E-state index in [0.717, 1.165) is 43.0 Å². The molecule has 0 saturated carbocycles. The third kappa shape index (κ3) is 6.80. The Labute approximate surface area is 214 Å². The fourth-order valence-electron chi connectivity index (χ4n) is 4.55. The molecule has 3 aromatic carbocycles. The molecule has 36 heavy (non-hydrogen) atoms. The van der Waals surface area contributed by atoms with Crippen molar-refractivity contribution in [3.8, 4) is 11.1 Å². The molecule has 2 amide bonds. The highest BCUT2D eigenvalue weighted by molar-refractivity contribution is 5.93. The first-order valence-electron chi connectivity index (χ1n) is 12.6. The van der Waals surface area contributed by atoms with Crippen LogP contribution in [0.4, 0.5) is 5.69 Å². The molecular weight excluding hydrogens is 448 g/mol. The lowest BCUT2D eigenvalue weighted by Crippen LogP contribution is -2.51. The zero-order chi connectivity index (χ0) is 25.5. The average Bonchev–Trinajstić information content (AvgIpc) is 2.88. The van der Waals surface area contributed by atoms with E-state index in [-0.39, 0.29) is 17.9 Å². The molecule has 0 aliphatic carbocycles. The monoisotopic (exact) mass is 484 g/mol. The summed E-state index contributed by atoms with van der Waals surface area (Å²) in [6.45, 7) is 9.89. The lowest BCUT2D eigenvalue weighted by molar-refractivity contribution is -0.124. The van der Waals surface area contributed by atoms with Crippen molar-refractivity contribution in [1.29, 1.82) is 0 Å². The van der Waals surface area contributed by atoms with Crippen LogP contribution in [0.25, 0.3) is 11.1 Å². The number of rotatable bonds is 8. The van der Waals surface area contributed by atoms with Crippen LogP contribution in [-0.2, 0) is 9.59 Å². The highest BCUT2D eigenvalue weighted by Crippen LogP contribution is 2.22. The molecule has 3 aromatic rings. The number of benzene rings is 3. The van der Waals surface area contributed by atoms with Crippen LogP contribution in [0.1, 0.15) is 29.7 Å². The van der Waals surface area contributed by atoms with Gasteiger partial charge in [0.25, 0.3) is 0 Å². The number of carbonyl (C=O) groups excluding carboxylic acids is 2. The molecule has 1 aliphatic rings. The smallest absolute Gasteiger partial charge is 0.238 e. The van der Waals surface area contributed by atoms with Gasteiger partial charge in [0.15, 0.2) is 0 Å². The summed E-state index contributed by atoms with van der Waals surface area (Å²) in [5.74, 6) is 0.0257. The van der Waals surface area contributed by atoms with Crippen molar-refractivity contribution in [3.63, 3.8) is 0 Å². The van der Waals surface area contributed by atoms with Crippen LogP contribution in [0.3, 0.4) is 0 Å². The average molecular weight is 485 g/mol. The summed E-state index contributed by atoms with van der Waals surface area (Å²) in [6.07, 6.45) is 0. The van der Waals surface area contributed by atoms with E-state index in [4.69, 9.17) is 0 Å². The van der Waals surface area contributed by atoms with Crippen LogP contribution in [0, 0.1) is 13.8 Å². The molecule has 2 N–H and O–H groups in total. The van der Waals surface area contributed by atoms with Gasteiger partial charge in [-0.15, -0.1) is 0 Å². The molecule has 4 rings (SSSR count). The normalized spacial score (nSPS) is 15.3. The van der Waals surface area contributed by atoms with Gasteiger partial charge < -0.3 is 10.6 Å². The van der Waals surface area contributed by atoms with Gasteiger partial charge in [0.2, 0.25) is 11.8 Å². The fraction of sp³-hybridized carbons (Fsp3) is 0.333. The summed E-state index contributed by atoms with van der Waals surface area (Å²) in [6, 6.07) is 24.5. The Hall–Kier alpha value is -3.48. The summed E-state index contributed by atoms with van der Waals surface area (Å²) in [4.78, 5) is 29.5. The molecule has 1 heterocycles. The maximum absolute atomic E-state index is 12.7. The number of amides is 2. The molecule has 6 nitrogen and oxygen atoms in total. The van der Waals surface area contributed by atoms with Gasteiger partial charge in [-0.25, -0.2) is 0 Å². The number of carbonyl (C=O) groups is 2. The van der Waals surface area contributed by atoms with E-state index in [1.54, 1.807) is 0 Å². The Morgan fingerprint density at radius 1 is 0.750 bits per heavy atom. The standard InChI is InChI=1S/C30H36N4O2/c1-22-8-7-11-28(23(22)2)32-30(36)21-34-18-16-33(17-19-34)20-29(35)31-24(3)25-12-14-27(15-13-25)26-9-5-4-6-10-26/h4-15,24H,16-21H2,1-3H3,(H,31,35)(H,32,36)/t24-/m0/s1. The zero-order valence-corrected chi connectivity index (χ0v) is 21.5. The Kier molecular flexibility index (Phi) is 8.52. The van der Waals surface area contributed by atoms with Gasteiger partial charge >= 0.3 is 0 Å². The highest BCUT2D eigenvalue weighted by Gasteiger charge is 2.21. The quantitative estimate of drug-likeness (QED) is 0.497. The maximum Gasteiger partial charge on any atom is 0.238 e. The first-order valence-corrected chi connectivity index (χ1v) is 12.6. The predicted octanol–water partition coefficient (Wildman–Crippen LogP) is 4.40. The van der Waals surface area contributed by atoms with Gasteiger partial charge in [-0.05, 0) is 54.7 Å². The first-order chi connectivity index (χ1) is 17.4. The zero-order valence-electron chi connectivity index (χ0n) is 21.5. The summed E-state index contributed by atoms with van der Waals surface area (Å²) in [5, 5.41) is 6.16. The molecule has 1 saturated heterocycles. The molecule has 0 radical (unpaired) electrons. The minimum absolute atomic E-state index is 0.00185. The van der Waals surface area contributed by atoms with E-state index in [2.05, 4.69) is 56.8 Å². The SMILES string of the molecule is Cc1cccc(NC(=O)CN2CCN(CC(=O)N[C@@H](C)c3ccc(-c4ccccc4)cc3)CC2)c1C. The van der Waals surface area contributed by atoms with E-state index in [9.17, 15) is 9.59 Å². The number of hydrogen-bond donors (Lipinski definition) is 2. The van der Waals surface area contributed by atoms with Gasteiger partial charge in [-0.3, -0.25) is 19.4 Å². The lowest BCUT2D eigenvalue weighted by Gasteiger charge is -2.34. The van der Waals surface area contributed by atoms with Crippen molar-refractivity contribution < 1.29 is 9.59 Å². The minimum atomic E-state index is -0.0580. The van der Waals surface area contributed by atoms with Crippen LogP contribution in [0.5, 0.6) is 0 Å². The van der Waals surface area contributed by atoms with E-state index in [1.807, 2.05) is 57.2 Å². The molecule has 0 spiro atoms. The first kappa shape index (κ1) is 25.6. The van der Waals surface area contributed by atoms with Crippen molar-refractivity contribution in [2.45, 2.75) is 26.8 Å². The molecule has 0 unspecified atom stereocenters. The van der Waals surface area contributed by atoms with E-state index in [0.29, 0.717) is 13.1 Å². The molecule has 1 fully saturated rings. The number of piperazine rings is 1. The topological polar surface area (TPSA) is 64.7 Å². The maximum atomic E-state index is 12.7. The highest BCUT2D eigenvalue weighted by atomic mass is 16.2. The van der Waals surface area contributed by atoms with E-state index < -0.39 is 0 Å². The third-order valence-electron chi connectivity index (χ3n) is 6.97. The second-order valence-electron chi connectivity index (χ2n) is 9.63. The van der Waals surface area contributed by atoms with Gasteiger partial charge in [-0.2, -0.15) is 0 Å². The van der Waals surface area contributed by atoms with Crippen LogP contribution in [0.2, 0.25) is 0 Å². The molecule has 188 valence electrons. The van der Waals surface area contributed by atoms with Crippen molar-refractivity contribution in [1.82, 2.24) is 15.1 Å². The predicted molar refractivity (Wildman–Crippen MR) is 146 cm³/mol. The lowest BCUT2D eigenvalue weighted by atomic mass is 10.0. The Balaban J connectivity index is 1.19.